The van der Waals surface area contributed by atoms with Crippen molar-refractivity contribution in [3.8, 4) is 0 Å². The summed E-state index contributed by atoms with van der Waals surface area (Å²) in [5.41, 5.74) is 0.894. The summed E-state index contributed by atoms with van der Waals surface area (Å²) in [6.07, 6.45) is 5.73. The van der Waals surface area contributed by atoms with Gasteiger partial charge >= 0.3 is 0 Å². The SMILES string of the molecule is CC1CCC(NS(=O)(=O)/C=C/c2ccccc2)CC1. The Morgan fingerprint density at radius 2 is 1.74 bits per heavy atom. The van der Waals surface area contributed by atoms with Gasteiger partial charge in [0.15, 0.2) is 0 Å². The minimum atomic E-state index is -3.33. The fourth-order valence-electron chi connectivity index (χ4n) is 2.38. The quantitative estimate of drug-likeness (QED) is 0.920. The van der Waals surface area contributed by atoms with Gasteiger partial charge in [0.05, 0.1) is 0 Å². The Kier molecular flexibility index (Phi) is 4.77. The summed E-state index contributed by atoms with van der Waals surface area (Å²) in [5.74, 6) is 0.723. The van der Waals surface area contributed by atoms with Crippen molar-refractivity contribution in [3.05, 3.63) is 41.3 Å². The standard InChI is InChI=1S/C15H21NO2S/c1-13-7-9-15(10-8-13)16-19(17,18)12-11-14-5-3-2-4-6-14/h2-6,11-13,15-16H,7-10H2,1H3/b12-11+. The van der Waals surface area contributed by atoms with Gasteiger partial charge in [0, 0.05) is 11.4 Å². The molecule has 1 saturated carbocycles. The van der Waals surface area contributed by atoms with Crippen LogP contribution in [0.15, 0.2) is 35.7 Å². The monoisotopic (exact) mass is 279 g/mol. The lowest BCUT2D eigenvalue weighted by atomic mass is 9.88. The van der Waals surface area contributed by atoms with Crippen LogP contribution in [0.25, 0.3) is 6.08 Å². The van der Waals surface area contributed by atoms with Crippen LogP contribution in [0.3, 0.4) is 0 Å². The van der Waals surface area contributed by atoms with E-state index in [0.717, 1.165) is 37.2 Å². The van der Waals surface area contributed by atoms with Crippen molar-refractivity contribution >= 4 is 16.1 Å². The van der Waals surface area contributed by atoms with Gasteiger partial charge in [0.25, 0.3) is 0 Å². The van der Waals surface area contributed by atoms with E-state index in [2.05, 4.69) is 11.6 Å². The Morgan fingerprint density at radius 1 is 1.11 bits per heavy atom. The second kappa shape index (κ2) is 6.35. The van der Waals surface area contributed by atoms with E-state index in [1.54, 1.807) is 6.08 Å². The van der Waals surface area contributed by atoms with Gasteiger partial charge in [-0.3, -0.25) is 0 Å². The first kappa shape index (κ1) is 14.3. The molecule has 104 valence electrons. The van der Waals surface area contributed by atoms with Crippen molar-refractivity contribution in [2.24, 2.45) is 5.92 Å². The van der Waals surface area contributed by atoms with Crippen LogP contribution in [0.2, 0.25) is 0 Å². The lowest BCUT2D eigenvalue weighted by molar-refractivity contribution is 0.332. The van der Waals surface area contributed by atoms with Gasteiger partial charge in [-0.1, -0.05) is 37.3 Å². The highest BCUT2D eigenvalue weighted by atomic mass is 32.2. The second-order valence-corrected chi connectivity index (χ2v) is 6.93. The van der Waals surface area contributed by atoms with E-state index >= 15 is 0 Å². The van der Waals surface area contributed by atoms with Crippen LogP contribution in [0, 0.1) is 5.92 Å². The normalized spacial score (nSPS) is 24.7. The second-order valence-electron chi connectivity index (χ2n) is 5.33. The smallest absolute Gasteiger partial charge is 0.209 e. The molecule has 0 saturated heterocycles. The summed E-state index contributed by atoms with van der Waals surface area (Å²) in [4.78, 5) is 0. The maximum atomic E-state index is 12.0. The number of nitrogens with one attached hydrogen (secondary N) is 1. The summed E-state index contributed by atoms with van der Waals surface area (Å²) in [6, 6.07) is 9.56. The molecule has 19 heavy (non-hydrogen) atoms. The van der Waals surface area contributed by atoms with Crippen LogP contribution in [-0.4, -0.2) is 14.5 Å². The number of benzene rings is 1. The van der Waals surface area contributed by atoms with Gasteiger partial charge in [0.2, 0.25) is 10.0 Å². The highest BCUT2D eigenvalue weighted by Crippen LogP contribution is 2.23. The summed E-state index contributed by atoms with van der Waals surface area (Å²) < 4.78 is 26.7. The Labute approximate surface area is 115 Å². The van der Waals surface area contributed by atoms with Crippen molar-refractivity contribution in [2.75, 3.05) is 0 Å². The molecule has 1 aromatic carbocycles. The highest BCUT2D eigenvalue weighted by Gasteiger charge is 2.21. The van der Waals surface area contributed by atoms with Crippen molar-refractivity contribution < 1.29 is 8.42 Å². The van der Waals surface area contributed by atoms with Crippen molar-refractivity contribution in [1.29, 1.82) is 0 Å². The predicted molar refractivity (Wildman–Crippen MR) is 79.0 cm³/mol. The third-order valence-electron chi connectivity index (χ3n) is 3.59. The summed E-state index contributed by atoms with van der Waals surface area (Å²) in [7, 11) is -3.33. The van der Waals surface area contributed by atoms with E-state index in [4.69, 9.17) is 0 Å². The minimum Gasteiger partial charge on any atom is -0.209 e. The molecule has 1 fully saturated rings. The van der Waals surface area contributed by atoms with Crippen LogP contribution in [-0.2, 0) is 10.0 Å². The van der Waals surface area contributed by atoms with Crippen molar-refractivity contribution in [2.45, 2.75) is 38.6 Å². The first-order valence-electron chi connectivity index (χ1n) is 6.80. The van der Waals surface area contributed by atoms with Crippen LogP contribution in [0.1, 0.15) is 38.2 Å². The third-order valence-corrected chi connectivity index (χ3v) is 4.74. The van der Waals surface area contributed by atoms with Gasteiger partial charge in [-0.25, -0.2) is 13.1 Å². The molecule has 1 aromatic rings. The number of hydrogen-bond donors (Lipinski definition) is 1. The van der Waals surface area contributed by atoms with Gasteiger partial charge in [-0.2, -0.15) is 0 Å². The molecule has 0 amide bonds. The fourth-order valence-corrected chi connectivity index (χ4v) is 3.50. The molecule has 0 aromatic heterocycles. The molecule has 1 aliphatic rings. The predicted octanol–water partition coefficient (Wildman–Crippen LogP) is 3.16. The van der Waals surface area contributed by atoms with Crippen LogP contribution in [0.5, 0.6) is 0 Å². The highest BCUT2D eigenvalue weighted by molar-refractivity contribution is 7.92. The van der Waals surface area contributed by atoms with Crippen LogP contribution >= 0.6 is 0 Å². The van der Waals surface area contributed by atoms with E-state index in [0.29, 0.717) is 0 Å². The number of rotatable bonds is 4. The van der Waals surface area contributed by atoms with Crippen LogP contribution < -0.4 is 4.72 Å². The van der Waals surface area contributed by atoms with Gasteiger partial charge in [0.1, 0.15) is 0 Å². The zero-order valence-electron chi connectivity index (χ0n) is 11.2. The molecule has 1 N–H and O–H groups in total. The largest absolute Gasteiger partial charge is 0.233 e. The Hall–Kier alpha value is -1.13. The molecule has 3 nitrogen and oxygen atoms in total. The topological polar surface area (TPSA) is 46.2 Å². The van der Waals surface area contributed by atoms with Gasteiger partial charge < -0.3 is 0 Å². The fraction of sp³-hybridized carbons (Fsp3) is 0.467. The Balaban J connectivity index is 1.94. The third kappa shape index (κ3) is 4.80. The molecular formula is C15H21NO2S. The van der Waals surface area contributed by atoms with Gasteiger partial charge in [-0.05, 0) is 43.2 Å². The molecule has 4 heteroatoms. The molecule has 0 unspecified atom stereocenters. The van der Waals surface area contributed by atoms with Crippen molar-refractivity contribution in [3.63, 3.8) is 0 Å². The number of hydrogen-bond acceptors (Lipinski definition) is 2. The van der Waals surface area contributed by atoms with Crippen LogP contribution in [0.4, 0.5) is 0 Å². The maximum Gasteiger partial charge on any atom is 0.233 e. The molecule has 0 atom stereocenters. The lowest BCUT2D eigenvalue weighted by Gasteiger charge is -2.26. The summed E-state index contributed by atoms with van der Waals surface area (Å²) >= 11 is 0. The van der Waals surface area contributed by atoms with E-state index in [1.807, 2.05) is 30.3 Å². The first-order chi connectivity index (χ1) is 9.05. The molecular weight excluding hydrogens is 258 g/mol. The average Bonchev–Trinajstić information content (AvgIpc) is 2.40. The molecule has 1 aliphatic carbocycles. The zero-order valence-corrected chi connectivity index (χ0v) is 12.1. The Bertz CT molecular complexity index is 514. The molecule has 0 heterocycles. The first-order valence-corrected chi connectivity index (χ1v) is 8.35. The Morgan fingerprint density at radius 3 is 2.37 bits per heavy atom. The molecule has 0 bridgehead atoms. The molecule has 0 aliphatic heterocycles. The van der Waals surface area contributed by atoms with E-state index < -0.39 is 10.0 Å². The maximum absolute atomic E-state index is 12.0. The average molecular weight is 279 g/mol. The van der Waals surface area contributed by atoms with E-state index in [9.17, 15) is 8.42 Å². The van der Waals surface area contributed by atoms with E-state index in [-0.39, 0.29) is 6.04 Å². The number of sulfonamides is 1. The lowest BCUT2D eigenvalue weighted by Crippen LogP contribution is -2.36. The van der Waals surface area contributed by atoms with Crippen molar-refractivity contribution in [1.82, 2.24) is 4.72 Å². The summed E-state index contributed by atoms with van der Waals surface area (Å²) in [5, 5.41) is 1.26. The molecule has 2 rings (SSSR count). The zero-order chi connectivity index (χ0) is 13.7. The minimum absolute atomic E-state index is 0.0987. The van der Waals surface area contributed by atoms with E-state index in [1.165, 1.54) is 5.41 Å². The summed E-state index contributed by atoms with van der Waals surface area (Å²) in [6.45, 7) is 2.22. The molecule has 0 spiro atoms. The molecule has 0 radical (unpaired) electrons. The van der Waals surface area contributed by atoms with Gasteiger partial charge in [-0.15, -0.1) is 0 Å².